The number of fused-ring (bicyclic) bond motifs is 2. The molecule has 0 spiro atoms. The van der Waals surface area contributed by atoms with Crippen molar-refractivity contribution < 1.29 is 14.6 Å². The fourth-order valence-corrected chi connectivity index (χ4v) is 4.62. The molecule has 9 nitrogen and oxygen atoms in total. The Kier molecular flexibility index (Phi) is 6.17. The van der Waals surface area contributed by atoms with Crippen LogP contribution in [0.2, 0.25) is 0 Å². The highest BCUT2D eigenvalue weighted by Crippen LogP contribution is 2.38. The van der Waals surface area contributed by atoms with E-state index in [1.165, 1.54) is 0 Å². The van der Waals surface area contributed by atoms with Crippen molar-refractivity contribution in [3.8, 4) is 16.9 Å². The van der Waals surface area contributed by atoms with Gasteiger partial charge in [0.15, 0.2) is 0 Å². The van der Waals surface area contributed by atoms with Gasteiger partial charge in [0.05, 0.1) is 48.0 Å². The van der Waals surface area contributed by atoms with Crippen LogP contribution in [-0.4, -0.2) is 54.8 Å². The molecule has 1 aliphatic rings. The van der Waals surface area contributed by atoms with E-state index < -0.39 is 5.60 Å². The molecule has 38 heavy (non-hydrogen) atoms. The van der Waals surface area contributed by atoms with Gasteiger partial charge in [-0.15, -0.1) is 0 Å². The number of aromatic nitrogens is 5. The zero-order valence-corrected chi connectivity index (χ0v) is 21.6. The molecule has 0 aliphatic carbocycles. The van der Waals surface area contributed by atoms with E-state index in [1.54, 1.807) is 37.3 Å². The smallest absolute Gasteiger partial charge is 0.145 e. The third-order valence-electron chi connectivity index (χ3n) is 6.72. The van der Waals surface area contributed by atoms with E-state index in [0.29, 0.717) is 37.2 Å². The van der Waals surface area contributed by atoms with Crippen LogP contribution in [-0.2, 0) is 11.3 Å². The highest BCUT2D eigenvalue weighted by molar-refractivity contribution is 5.99. The second-order valence-electron chi connectivity index (χ2n) is 10.5. The zero-order valence-electron chi connectivity index (χ0n) is 21.6. The van der Waals surface area contributed by atoms with Crippen LogP contribution < -0.4 is 10.1 Å². The van der Waals surface area contributed by atoms with Crippen molar-refractivity contribution in [2.24, 2.45) is 5.92 Å². The molecule has 2 N–H and O–H groups in total. The predicted molar refractivity (Wildman–Crippen MR) is 146 cm³/mol. The van der Waals surface area contributed by atoms with Gasteiger partial charge >= 0.3 is 0 Å². The average molecular weight is 511 g/mol. The number of nitrogens with zero attached hydrogens (tertiary/aromatic N) is 5. The van der Waals surface area contributed by atoms with E-state index in [1.807, 2.05) is 42.6 Å². The molecule has 0 amide bonds. The van der Waals surface area contributed by atoms with Gasteiger partial charge in [0.25, 0.3) is 0 Å². The quantitative estimate of drug-likeness (QED) is 0.301. The van der Waals surface area contributed by atoms with Crippen molar-refractivity contribution in [1.82, 2.24) is 24.7 Å². The molecule has 1 fully saturated rings. The van der Waals surface area contributed by atoms with Crippen molar-refractivity contribution in [3.05, 3.63) is 67.4 Å². The predicted octanol–water partition coefficient (Wildman–Crippen LogP) is 4.97. The monoisotopic (exact) mass is 510 g/mol. The minimum Gasteiger partial charge on any atom is -0.489 e. The van der Waals surface area contributed by atoms with Gasteiger partial charge in [0, 0.05) is 34.9 Å². The van der Waals surface area contributed by atoms with Crippen LogP contribution in [0.4, 0.5) is 11.5 Å². The number of rotatable bonds is 8. The summed E-state index contributed by atoms with van der Waals surface area (Å²) in [5, 5.41) is 20.0. The highest BCUT2D eigenvalue weighted by atomic mass is 16.5. The first-order chi connectivity index (χ1) is 18.3. The summed E-state index contributed by atoms with van der Waals surface area (Å²) in [5.41, 5.74) is 3.55. The molecule has 0 bridgehead atoms. The third kappa shape index (κ3) is 5.03. The maximum atomic E-state index is 10.2. The SMILES string of the molecule is C[C@@H](Oc1cc(-c2cnn(CC(C)(C)O)c2)cc2ncnc(Nc3ccc4ncccc4c3)c12)C1COC1. The number of hydrogen-bond acceptors (Lipinski definition) is 8. The highest BCUT2D eigenvalue weighted by Gasteiger charge is 2.28. The van der Waals surface area contributed by atoms with Crippen LogP contribution in [0.5, 0.6) is 5.75 Å². The van der Waals surface area contributed by atoms with E-state index in [0.717, 1.165) is 38.6 Å². The first-order valence-electron chi connectivity index (χ1n) is 12.7. The Morgan fingerprint density at radius 1 is 1.11 bits per heavy atom. The number of anilines is 2. The molecule has 3 aromatic heterocycles. The maximum Gasteiger partial charge on any atom is 0.145 e. The van der Waals surface area contributed by atoms with Crippen molar-refractivity contribution >= 4 is 33.3 Å². The van der Waals surface area contributed by atoms with Crippen LogP contribution in [0.3, 0.4) is 0 Å². The van der Waals surface area contributed by atoms with Gasteiger partial charge in [0.1, 0.15) is 24.0 Å². The summed E-state index contributed by atoms with van der Waals surface area (Å²) in [6, 6.07) is 14.0. The Morgan fingerprint density at radius 2 is 1.97 bits per heavy atom. The fraction of sp³-hybridized carbons (Fsp3) is 0.310. The Bertz CT molecular complexity index is 1610. The van der Waals surface area contributed by atoms with Gasteiger partial charge < -0.3 is 19.9 Å². The number of nitrogens with one attached hydrogen (secondary N) is 1. The van der Waals surface area contributed by atoms with E-state index in [9.17, 15) is 5.11 Å². The number of hydrogen-bond donors (Lipinski definition) is 2. The first kappa shape index (κ1) is 24.3. The molecular weight excluding hydrogens is 480 g/mol. The van der Waals surface area contributed by atoms with Gasteiger partial charge in [-0.1, -0.05) is 6.07 Å². The maximum absolute atomic E-state index is 10.2. The molecule has 1 aliphatic heterocycles. The molecule has 4 heterocycles. The molecule has 0 saturated carbocycles. The van der Waals surface area contributed by atoms with Gasteiger partial charge in [-0.25, -0.2) is 9.97 Å². The van der Waals surface area contributed by atoms with Crippen LogP contribution in [0.1, 0.15) is 20.8 Å². The van der Waals surface area contributed by atoms with E-state index in [-0.39, 0.29) is 6.10 Å². The Morgan fingerprint density at radius 3 is 2.76 bits per heavy atom. The van der Waals surface area contributed by atoms with E-state index >= 15 is 0 Å². The zero-order chi connectivity index (χ0) is 26.3. The molecule has 6 rings (SSSR count). The van der Waals surface area contributed by atoms with Gasteiger partial charge in [-0.3, -0.25) is 9.67 Å². The molecule has 194 valence electrons. The molecule has 1 atom stereocenters. The van der Waals surface area contributed by atoms with Gasteiger partial charge in [-0.2, -0.15) is 5.10 Å². The minimum absolute atomic E-state index is 0.0417. The standard InChI is InChI=1S/C29H30N6O3/c1-18(22-14-37-15-22)38-26-11-20(21-12-33-35(13-21)16-29(2,3)36)10-25-27(26)28(32-17-31-25)34-23-6-7-24-19(9-23)5-4-8-30-24/h4-13,17-18,22,36H,14-16H2,1-3H3,(H,31,32,34)/t18-/m1/s1. The lowest BCUT2D eigenvalue weighted by molar-refractivity contribution is -0.0773. The Hall–Kier alpha value is -4.08. The molecule has 2 aromatic carbocycles. The number of benzene rings is 2. The summed E-state index contributed by atoms with van der Waals surface area (Å²) < 4.78 is 13.7. The van der Waals surface area contributed by atoms with Crippen molar-refractivity contribution in [2.75, 3.05) is 18.5 Å². The van der Waals surface area contributed by atoms with E-state index in [4.69, 9.17) is 9.47 Å². The summed E-state index contributed by atoms with van der Waals surface area (Å²) in [6.07, 6.45) is 7.03. The summed E-state index contributed by atoms with van der Waals surface area (Å²) in [4.78, 5) is 13.6. The Labute approximate surface area is 220 Å². The topological polar surface area (TPSA) is 107 Å². The molecule has 1 saturated heterocycles. The van der Waals surface area contributed by atoms with Crippen molar-refractivity contribution in [3.63, 3.8) is 0 Å². The van der Waals surface area contributed by atoms with Crippen LogP contribution in [0.15, 0.2) is 67.4 Å². The van der Waals surface area contributed by atoms with E-state index in [2.05, 4.69) is 38.4 Å². The normalized spacial score (nSPS) is 14.9. The summed E-state index contributed by atoms with van der Waals surface area (Å²) in [6.45, 7) is 7.36. The number of ether oxygens (including phenoxy) is 2. The minimum atomic E-state index is -0.867. The van der Waals surface area contributed by atoms with Gasteiger partial charge in [0.2, 0.25) is 0 Å². The van der Waals surface area contributed by atoms with Crippen molar-refractivity contribution in [1.29, 1.82) is 0 Å². The lowest BCUT2D eigenvalue weighted by atomic mass is 10.0. The summed E-state index contributed by atoms with van der Waals surface area (Å²) in [5.74, 6) is 1.68. The summed E-state index contributed by atoms with van der Waals surface area (Å²) in [7, 11) is 0. The van der Waals surface area contributed by atoms with Crippen LogP contribution >= 0.6 is 0 Å². The Balaban J connectivity index is 1.42. The number of pyridine rings is 1. The molecular formula is C29H30N6O3. The lowest BCUT2D eigenvalue weighted by Crippen LogP contribution is -2.39. The largest absolute Gasteiger partial charge is 0.489 e. The second kappa shape index (κ2) is 9.66. The average Bonchev–Trinajstić information content (AvgIpc) is 3.29. The third-order valence-corrected chi connectivity index (χ3v) is 6.72. The second-order valence-corrected chi connectivity index (χ2v) is 10.5. The van der Waals surface area contributed by atoms with Crippen molar-refractivity contribution in [2.45, 2.75) is 39.0 Å². The lowest BCUT2D eigenvalue weighted by Gasteiger charge is -2.32. The molecule has 9 heteroatoms. The fourth-order valence-electron chi connectivity index (χ4n) is 4.62. The molecule has 0 radical (unpaired) electrons. The number of aliphatic hydroxyl groups is 1. The first-order valence-corrected chi connectivity index (χ1v) is 12.7. The van der Waals surface area contributed by atoms with Crippen LogP contribution in [0, 0.1) is 5.92 Å². The van der Waals surface area contributed by atoms with Gasteiger partial charge in [-0.05, 0) is 62.7 Å². The van der Waals surface area contributed by atoms with Crippen LogP contribution in [0.25, 0.3) is 32.9 Å². The summed E-state index contributed by atoms with van der Waals surface area (Å²) >= 11 is 0. The molecule has 0 unspecified atom stereocenters. The molecule has 5 aromatic rings.